The number of amides is 1. The molecule has 1 amide bonds. The number of hydrogen-bond acceptors (Lipinski definition) is 6. The maximum Gasteiger partial charge on any atom is 0.421 e. The Labute approximate surface area is 131 Å². The lowest BCUT2D eigenvalue weighted by Crippen LogP contribution is -2.37. The third-order valence-electron chi connectivity index (χ3n) is 2.57. The molecule has 0 saturated heterocycles. The van der Waals surface area contributed by atoms with Crippen LogP contribution in [0.3, 0.4) is 0 Å². The van der Waals surface area contributed by atoms with E-state index >= 15 is 0 Å². The van der Waals surface area contributed by atoms with E-state index in [2.05, 4.69) is 4.98 Å². The van der Waals surface area contributed by atoms with E-state index < -0.39 is 27.1 Å². The van der Waals surface area contributed by atoms with E-state index in [1.54, 1.807) is 20.8 Å². The third kappa shape index (κ3) is 4.59. The number of hydrogen-bond donors (Lipinski definition) is 2. The van der Waals surface area contributed by atoms with Crippen LogP contribution >= 0.6 is 0 Å². The normalized spacial score (nSPS) is 12.8. The smallest absolute Gasteiger partial charge is 0.421 e. The van der Waals surface area contributed by atoms with Crippen molar-refractivity contribution < 1.29 is 17.9 Å². The second kappa shape index (κ2) is 5.75. The summed E-state index contributed by atoms with van der Waals surface area (Å²) in [6.07, 6.45) is 0.227. The largest absolute Gasteiger partial charge is 0.443 e. The molecule has 0 aliphatic heterocycles. The highest BCUT2D eigenvalue weighted by Crippen LogP contribution is 2.32. The Hall–Kier alpha value is -1.83. The van der Waals surface area contributed by atoms with Gasteiger partial charge in [0.05, 0.1) is 0 Å². The van der Waals surface area contributed by atoms with Crippen LogP contribution in [0.4, 0.5) is 10.5 Å². The first-order valence-electron chi connectivity index (χ1n) is 6.75. The number of ether oxygens (including phenoxy) is 1. The average Bonchev–Trinajstić information content (AvgIpc) is 2.22. The Morgan fingerprint density at radius 2 is 1.77 bits per heavy atom. The fourth-order valence-corrected chi connectivity index (χ4v) is 3.12. The number of aromatic nitrogens is 1. The molecular formula is C14H23N3O4S. The Morgan fingerprint density at radius 1 is 1.23 bits per heavy atom. The van der Waals surface area contributed by atoms with Crippen molar-refractivity contribution in [3.05, 3.63) is 17.8 Å². The Morgan fingerprint density at radius 3 is 2.23 bits per heavy atom. The van der Waals surface area contributed by atoms with Crippen LogP contribution in [0.5, 0.6) is 0 Å². The summed E-state index contributed by atoms with van der Waals surface area (Å²) in [5.41, 5.74) is 5.17. The van der Waals surface area contributed by atoms with Crippen LogP contribution in [0.1, 0.15) is 47.1 Å². The summed E-state index contributed by atoms with van der Waals surface area (Å²) in [6.45, 7) is 10.3. The number of nitrogens with one attached hydrogen (secondary N) is 1. The first-order valence-corrected chi connectivity index (χ1v) is 8.23. The van der Waals surface area contributed by atoms with E-state index in [0.717, 1.165) is 0 Å². The highest BCUT2D eigenvalue weighted by Gasteiger charge is 2.31. The van der Waals surface area contributed by atoms with E-state index in [1.807, 2.05) is 25.5 Å². The van der Waals surface area contributed by atoms with Crippen molar-refractivity contribution in [3.8, 4) is 0 Å². The minimum absolute atomic E-state index is 0.272. The molecule has 8 heteroatoms. The minimum atomic E-state index is -4.18. The molecule has 0 radical (unpaired) electrons. The fourth-order valence-electron chi connectivity index (χ4n) is 1.87. The summed E-state index contributed by atoms with van der Waals surface area (Å²) >= 11 is 0. The van der Waals surface area contributed by atoms with E-state index in [9.17, 15) is 13.2 Å². The van der Waals surface area contributed by atoms with Crippen molar-refractivity contribution in [1.29, 1.82) is 0 Å². The van der Waals surface area contributed by atoms with Crippen molar-refractivity contribution >= 4 is 21.8 Å². The van der Waals surface area contributed by atoms with Gasteiger partial charge in [0.25, 0.3) is 10.0 Å². The first kappa shape index (κ1) is 18.2. The summed E-state index contributed by atoms with van der Waals surface area (Å²) < 4.78 is 31.7. The molecule has 0 saturated carbocycles. The Bertz CT molecular complexity index is 670. The van der Waals surface area contributed by atoms with Crippen LogP contribution in [0.15, 0.2) is 17.3 Å². The molecule has 0 aliphatic carbocycles. The van der Waals surface area contributed by atoms with Crippen molar-refractivity contribution in [2.75, 3.05) is 5.73 Å². The lowest BCUT2D eigenvalue weighted by atomic mass is 9.87. The second-order valence-corrected chi connectivity index (χ2v) is 8.54. The molecule has 0 spiro atoms. The number of anilines is 1. The van der Waals surface area contributed by atoms with Gasteiger partial charge in [0.15, 0.2) is 5.03 Å². The van der Waals surface area contributed by atoms with Crippen LogP contribution in [-0.2, 0) is 20.2 Å². The predicted octanol–water partition coefficient (Wildman–Crippen LogP) is 2.17. The average molecular weight is 329 g/mol. The highest BCUT2D eigenvalue weighted by atomic mass is 32.2. The molecule has 1 aromatic rings. The summed E-state index contributed by atoms with van der Waals surface area (Å²) in [4.78, 5) is 15.6. The summed E-state index contributed by atoms with van der Waals surface area (Å²) in [7, 11) is -4.18. The van der Waals surface area contributed by atoms with Gasteiger partial charge in [-0.3, -0.25) is 0 Å². The zero-order valence-corrected chi connectivity index (χ0v) is 14.5. The molecule has 124 valence electrons. The number of nitrogens with zero attached hydrogens (tertiary/aromatic N) is 1. The molecule has 3 N–H and O–H groups in total. The standard InChI is InChI=1S/C14H23N3O4S/c1-13(2,3)10-9(15)7-8-16-11(10)22(19,20)17-12(18)21-14(4,5)6/h7-8H,1-6H3,(H2,15,16)(H,17,18). The Balaban J connectivity index is 3.26. The van der Waals surface area contributed by atoms with Crippen LogP contribution in [0.25, 0.3) is 0 Å². The van der Waals surface area contributed by atoms with Crippen LogP contribution in [-0.4, -0.2) is 25.1 Å². The maximum atomic E-state index is 12.4. The fraction of sp³-hybridized carbons (Fsp3) is 0.571. The molecule has 1 rings (SSSR count). The topological polar surface area (TPSA) is 111 Å². The van der Waals surface area contributed by atoms with Gasteiger partial charge in [-0.05, 0) is 32.3 Å². The van der Waals surface area contributed by atoms with Crippen molar-refractivity contribution in [1.82, 2.24) is 9.71 Å². The molecule has 1 aromatic heterocycles. The summed E-state index contributed by atoms with van der Waals surface area (Å²) in [6, 6.07) is 1.52. The first-order chi connectivity index (χ1) is 9.74. The molecule has 0 aliphatic rings. The number of nitrogen functional groups attached to an aromatic ring is 1. The molecule has 0 aromatic carbocycles. The van der Waals surface area contributed by atoms with Gasteiger partial charge in [0, 0.05) is 17.4 Å². The van der Waals surface area contributed by atoms with E-state index in [1.165, 1.54) is 12.3 Å². The molecule has 22 heavy (non-hydrogen) atoms. The second-order valence-electron chi connectivity index (χ2n) is 6.94. The monoisotopic (exact) mass is 329 g/mol. The van der Waals surface area contributed by atoms with Gasteiger partial charge >= 0.3 is 6.09 Å². The zero-order chi connectivity index (χ0) is 17.3. The van der Waals surface area contributed by atoms with Crippen LogP contribution in [0.2, 0.25) is 0 Å². The minimum Gasteiger partial charge on any atom is -0.443 e. The van der Waals surface area contributed by atoms with Gasteiger partial charge in [-0.15, -0.1) is 0 Å². The van der Waals surface area contributed by atoms with Crippen LogP contribution in [0, 0.1) is 0 Å². The summed E-state index contributed by atoms with van der Waals surface area (Å²) in [5.74, 6) is 0. The molecule has 0 atom stereocenters. The lowest BCUT2D eigenvalue weighted by molar-refractivity contribution is 0.0570. The van der Waals surface area contributed by atoms with Crippen molar-refractivity contribution in [2.24, 2.45) is 0 Å². The summed E-state index contributed by atoms with van der Waals surface area (Å²) in [5, 5.41) is -0.272. The molecule has 0 unspecified atom stereocenters. The van der Waals surface area contributed by atoms with Crippen molar-refractivity contribution in [2.45, 2.75) is 57.6 Å². The number of carbonyl (C=O) groups excluding carboxylic acids is 1. The molecule has 0 fully saturated rings. The van der Waals surface area contributed by atoms with Gasteiger partial charge in [-0.25, -0.2) is 14.5 Å². The van der Waals surface area contributed by atoms with Crippen molar-refractivity contribution in [3.63, 3.8) is 0 Å². The third-order valence-corrected chi connectivity index (χ3v) is 3.82. The quantitative estimate of drug-likeness (QED) is 0.860. The molecular weight excluding hydrogens is 306 g/mol. The Kier molecular flexibility index (Phi) is 4.76. The van der Waals surface area contributed by atoms with E-state index in [4.69, 9.17) is 10.5 Å². The van der Waals surface area contributed by atoms with Gasteiger partial charge in [0.1, 0.15) is 5.60 Å². The maximum absolute atomic E-state index is 12.4. The van der Waals surface area contributed by atoms with Gasteiger partial charge in [-0.2, -0.15) is 8.42 Å². The van der Waals surface area contributed by atoms with Gasteiger partial charge < -0.3 is 10.5 Å². The number of rotatable bonds is 2. The van der Waals surface area contributed by atoms with Gasteiger partial charge in [0.2, 0.25) is 0 Å². The predicted molar refractivity (Wildman–Crippen MR) is 83.9 cm³/mol. The molecule has 7 nitrogen and oxygen atoms in total. The SMILES string of the molecule is CC(C)(C)OC(=O)NS(=O)(=O)c1nccc(N)c1C(C)(C)C. The number of sulfonamides is 1. The number of nitrogens with two attached hydrogens (primary N) is 1. The highest BCUT2D eigenvalue weighted by molar-refractivity contribution is 7.90. The zero-order valence-electron chi connectivity index (χ0n) is 13.7. The number of carbonyl (C=O) groups is 1. The van der Waals surface area contributed by atoms with E-state index in [0.29, 0.717) is 11.3 Å². The van der Waals surface area contributed by atoms with Gasteiger partial charge in [-0.1, -0.05) is 20.8 Å². The van der Waals surface area contributed by atoms with E-state index in [-0.39, 0.29) is 5.03 Å². The molecule has 1 heterocycles. The number of pyridine rings is 1. The van der Waals surface area contributed by atoms with Crippen LogP contribution < -0.4 is 10.5 Å². The lowest BCUT2D eigenvalue weighted by Gasteiger charge is -2.24. The molecule has 0 bridgehead atoms.